The van der Waals surface area contributed by atoms with Crippen molar-refractivity contribution in [3.8, 4) is 0 Å². The predicted octanol–water partition coefficient (Wildman–Crippen LogP) is 1.68. The Morgan fingerprint density at radius 3 is 2.45 bits per heavy atom. The smallest absolute Gasteiger partial charge is 0.242 e. The summed E-state index contributed by atoms with van der Waals surface area (Å²) in [4.78, 5) is 1.99. The molecular weight excluding hydrogens is 321 g/mol. The van der Waals surface area contributed by atoms with Gasteiger partial charge in [0.1, 0.15) is 4.90 Å². The first-order valence-electron chi connectivity index (χ1n) is 6.10. The molecule has 1 rings (SSSR count). The molecule has 0 aliphatic carbocycles. The highest BCUT2D eigenvalue weighted by Crippen LogP contribution is 2.28. The van der Waals surface area contributed by atoms with Crippen LogP contribution in [0.2, 0.25) is 10.0 Å². The lowest BCUT2D eigenvalue weighted by atomic mass is 10.2. The van der Waals surface area contributed by atoms with Crippen molar-refractivity contribution in [2.75, 3.05) is 27.2 Å². The Hall–Kier alpha value is -0.370. The van der Waals surface area contributed by atoms with E-state index in [0.717, 1.165) is 6.54 Å². The van der Waals surface area contributed by atoms with E-state index in [-0.39, 0.29) is 16.5 Å². The molecule has 1 aromatic rings. The first-order valence-corrected chi connectivity index (χ1v) is 8.34. The third-order valence-corrected chi connectivity index (χ3v) is 4.96. The van der Waals surface area contributed by atoms with Crippen LogP contribution in [0.25, 0.3) is 0 Å². The van der Waals surface area contributed by atoms with E-state index in [9.17, 15) is 8.42 Å². The Bertz CT molecular complexity index is 562. The van der Waals surface area contributed by atoms with Gasteiger partial charge in [0.2, 0.25) is 10.0 Å². The molecule has 0 radical (unpaired) electrons. The molecule has 20 heavy (non-hydrogen) atoms. The van der Waals surface area contributed by atoms with Gasteiger partial charge in [0.05, 0.1) is 5.02 Å². The molecule has 1 aromatic carbocycles. The maximum atomic E-state index is 12.2. The summed E-state index contributed by atoms with van der Waals surface area (Å²) in [6.07, 6.45) is 0.710. The highest BCUT2D eigenvalue weighted by atomic mass is 35.5. The molecule has 0 aliphatic heterocycles. The second kappa shape index (κ2) is 7.59. The molecule has 0 saturated carbocycles. The van der Waals surface area contributed by atoms with Crippen LogP contribution >= 0.6 is 23.2 Å². The largest absolute Gasteiger partial charge is 0.326 e. The molecule has 0 spiro atoms. The van der Waals surface area contributed by atoms with Crippen LogP contribution in [0.1, 0.15) is 12.0 Å². The van der Waals surface area contributed by atoms with E-state index < -0.39 is 10.0 Å². The summed E-state index contributed by atoms with van der Waals surface area (Å²) in [6.45, 7) is 1.29. The second-order valence-corrected chi connectivity index (χ2v) is 7.18. The first kappa shape index (κ1) is 17.7. The van der Waals surface area contributed by atoms with Gasteiger partial charge >= 0.3 is 0 Å². The molecule has 0 heterocycles. The predicted molar refractivity (Wildman–Crippen MR) is 82.7 cm³/mol. The summed E-state index contributed by atoms with van der Waals surface area (Å²) in [5.41, 5.74) is 6.07. The second-order valence-electron chi connectivity index (χ2n) is 4.63. The normalized spacial score (nSPS) is 12.1. The molecule has 3 N–H and O–H groups in total. The van der Waals surface area contributed by atoms with Gasteiger partial charge in [-0.25, -0.2) is 13.1 Å². The molecular formula is C12H19Cl2N3O2S. The highest BCUT2D eigenvalue weighted by Gasteiger charge is 2.19. The summed E-state index contributed by atoms with van der Waals surface area (Å²) in [7, 11) is 0.204. The van der Waals surface area contributed by atoms with Crippen LogP contribution in [0.3, 0.4) is 0 Å². The van der Waals surface area contributed by atoms with Gasteiger partial charge in [-0.3, -0.25) is 0 Å². The van der Waals surface area contributed by atoms with Crippen molar-refractivity contribution >= 4 is 33.2 Å². The van der Waals surface area contributed by atoms with Crippen LogP contribution in [0.5, 0.6) is 0 Å². The molecule has 0 aliphatic rings. The molecule has 0 unspecified atom stereocenters. The van der Waals surface area contributed by atoms with E-state index in [1.807, 2.05) is 19.0 Å². The van der Waals surface area contributed by atoms with Gasteiger partial charge in [-0.2, -0.15) is 0 Å². The van der Waals surface area contributed by atoms with Gasteiger partial charge in [-0.15, -0.1) is 0 Å². The van der Waals surface area contributed by atoms with E-state index in [4.69, 9.17) is 28.9 Å². The fourth-order valence-electron chi connectivity index (χ4n) is 1.61. The fraction of sp³-hybridized carbons (Fsp3) is 0.500. The zero-order valence-electron chi connectivity index (χ0n) is 11.5. The minimum Gasteiger partial charge on any atom is -0.326 e. The number of nitrogens with zero attached hydrogens (tertiary/aromatic N) is 1. The Balaban J connectivity index is 2.87. The van der Waals surface area contributed by atoms with Crippen LogP contribution in [0.15, 0.2) is 17.0 Å². The molecule has 0 atom stereocenters. The van der Waals surface area contributed by atoms with Crippen LogP contribution in [0, 0.1) is 0 Å². The van der Waals surface area contributed by atoms with Crippen LogP contribution in [-0.2, 0) is 16.6 Å². The van der Waals surface area contributed by atoms with Crippen molar-refractivity contribution in [1.82, 2.24) is 9.62 Å². The Morgan fingerprint density at radius 1 is 1.25 bits per heavy atom. The van der Waals surface area contributed by atoms with Crippen LogP contribution < -0.4 is 10.5 Å². The zero-order chi connectivity index (χ0) is 15.3. The molecule has 0 bridgehead atoms. The number of halogens is 2. The molecule has 8 heteroatoms. The minimum absolute atomic E-state index is 0.00821. The van der Waals surface area contributed by atoms with E-state index >= 15 is 0 Å². The van der Waals surface area contributed by atoms with Crippen molar-refractivity contribution in [2.24, 2.45) is 5.73 Å². The Kier molecular flexibility index (Phi) is 6.71. The van der Waals surface area contributed by atoms with Gasteiger partial charge < -0.3 is 10.6 Å². The summed E-state index contributed by atoms with van der Waals surface area (Å²) in [5.74, 6) is 0. The standard InChI is InChI=1S/C12H19Cl2N3O2S/c1-17(2)5-3-4-16-20(18,19)12-6-9(8-15)10(13)7-11(12)14/h6-7,16H,3-5,8,15H2,1-2H3. The van der Waals surface area contributed by atoms with E-state index in [1.165, 1.54) is 12.1 Å². The maximum Gasteiger partial charge on any atom is 0.242 e. The van der Waals surface area contributed by atoms with E-state index in [1.54, 1.807) is 0 Å². The topological polar surface area (TPSA) is 75.4 Å². The molecule has 0 aromatic heterocycles. The third-order valence-electron chi connectivity index (χ3n) is 2.68. The van der Waals surface area contributed by atoms with Crippen molar-refractivity contribution in [3.63, 3.8) is 0 Å². The lowest BCUT2D eigenvalue weighted by Crippen LogP contribution is -2.27. The number of rotatable bonds is 7. The molecule has 114 valence electrons. The lowest BCUT2D eigenvalue weighted by molar-refractivity contribution is 0.400. The highest BCUT2D eigenvalue weighted by molar-refractivity contribution is 7.89. The molecule has 5 nitrogen and oxygen atoms in total. The van der Waals surface area contributed by atoms with Gasteiger partial charge in [-0.1, -0.05) is 23.2 Å². The molecule has 0 saturated heterocycles. The van der Waals surface area contributed by atoms with Crippen molar-refractivity contribution in [2.45, 2.75) is 17.9 Å². The number of nitrogens with one attached hydrogen (secondary N) is 1. The number of sulfonamides is 1. The monoisotopic (exact) mass is 339 g/mol. The summed E-state index contributed by atoms with van der Waals surface area (Å²) in [6, 6.07) is 2.82. The average molecular weight is 340 g/mol. The SMILES string of the molecule is CN(C)CCCNS(=O)(=O)c1cc(CN)c(Cl)cc1Cl. The van der Waals surface area contributed by atoms with Gasteiger partial charge in [0, 0.05) is 18.1 Å². The number of benzene rings is 1. The first-order chi connectivity index (χ1) is 9.27. The van der Waals surface area contributed by atoms with Gasteiger partial charge in [0.25, 0.3) is 0 Å². The van der Waals surface area contributed by atoms with Crippen molar-refractivity contribution in [3.05, 3.63) is 27.7 Å². The zero-order valence-corrected chi connectivity index (χ0v) is 13.8. The van der Waals surface area contributed by atoms with Gasteiger partial charge in [-0.05, 0) is 44.8 Å². The van der Waals surface area contributed by atoms with Gasteiger partial charge in [0.15, 0.2) is 0 Å². The maximum absolute atomic E-state index is 12.2. The number of nitrogens with two attached hydrogens (primary N) is 1. The van der Waals surface area contributed by atoms with Crippen molar-refractivity contribution < 1.29 is 8.42 Å². The summed E-state index contributed by atoms with van der Waals surface area (Å²) >= 11 is 11.9. The third kappa shape index (κ3) is 4.87. The molecule has 0 amide bonds. The Labute approximate surface area is 130 Å². The summed E-state index contributed by atoms with van der Waals surface area (Å²) < 4.78 is 26.9. The van der Waals surface area contributed by atoms with E-state index in [2.05, 4.69) is 4.72 Å². The van der Waals surface area contributed by atoms with Crippen LogP contribution in [-0.4, -0.2) is 40.5 Å². The Morgan fingerprint density at radius 2 is 1.90 bits per heavy atom. The van der Waals surface area contributed by atoms with E-state index in [0.29, 0.717) is 23.6 Å². The quantitative estimate of drug-likeness (QED) is 0.741. The van der Waals surface area contributed by atoms with Crippen LogP contribution in [0.4, 0.5) is 0 Å². The fourth-order valence-corrected chi connectivity index (χ4v) is 3.56. The van der Waals surface area contributed by atoms with Crippen molar-refractivity contribution in [1.29, 1.82) is 0 Å². The lowest BCUT2D eigenvalue weighted by Gasteiger charge is -2.12. The number of hydrogen-bond donors (Lipinski definition) is 2. The number of hydrogen-bond acceptors (Lipinski definition) is 4. The minimum atomic E-state index is -3.65. The molecule has 0 fully saturated rings. The average Bonchev–Trinajstić information content (AvgIpc) is 2.34. The summed E-state index contributed by atoms with van der Waals surface area (Å²) in [5, 5.41) is 0.455.